The summed E-state index contributed by atoms with van der Waals surface area (Å²) in [6.45, 7) is 6.30. The first-order chi connectivity index (χ1) is 6.79. The zero-order valence-corrected chi connectivity index (χ0v) is 9.63. The number of hydrogen-bond donors (Lipinski definition) is 1. The van der Waals surface area contributed by atoms with E-state index in [0.29, 0.717) is 0 Å². The van der Waals surface area contributed by atoms with Crippen LogP contribution in [0.15, 0.2) is 0 Å². The lowest BCUT2D eigenvalue weighted by Crippen LogP contribution is -2.48. The molecule has 1 N–H and O–H groups in total. The average Bonchev–Trinajstić information content (AvgIpc) is 2.15. The molecule has 0 aromatic carbocycles. The van der Waals surface area contributed by atoms with Gasteiger partial charge in [-0.25, -0.2) is 0 Å². The van der Waals surface area contributed by atoms with Crippen molar-refractivity contribution in [2.45, 2.75) is 38.6 Å². The highest BCUT2D eigenvalue weighted by molar-refractivity contribution is 4.87. The summed E-state index contributed by atoms with van der Waals surface area (Å²) in [6, 6.07) is 0.945. The van der Waals surface area contributed by atoms with Crippen LogP contribution in [0.5, 0.6) is 0 Å². The third-order valence-electron chi connectivity index (χ3n) is 4.01. The summed E-state index contributed by atoms with van der Waals surface area (Å²) < 4.78 is 0. The normalized spacial score (nSPS) is 35.6. The molecule has 0 spiro atoms. The predicted octanol–water partition coefficient (Wildman–Crippen LogP) is 1.72. The summed E-state index contributed by atoms with van der Waals surface area (Å²) in [5, 5.41) is 3.30. The van der Waals surface area contributed by atoms with Crippen LogP contribution < -0.4 is 5.32 Å². The van der Waals surface area contributed by atoms with Crippen LogP contribution in [-0.2, 0) is 0 Å². The molecule has 2 aliphatic rings. The van der Waals surface area contributed by atoms with Crippen molar-refractivity contribution in [1.82, 2.24) is 10.2 Å². The number of rotatable bonds is 3. The van der Waals surface area contributed by atoms with E-state index in [0.717, 1.165) is 17.9 Å². The van der Waals surface area contributed by atoms with Crippen molar-refractivity contribution in [2.24, 2.45) is 11.8 Å². The van der Waals surface area contributed by atoms with E-state index in [4.69, 9.17) is 0 Å². The first-order valence-electron chi connectivity index (χ1n) is 6.18. The largest absolute Gasteiger partial charge is 0.319 e. The van der Waals surface area contributed by atoms with Gasteiger partial charge >= 0.3 is 0 Å². The van der Waals surface area contributed by atoms with E-state index in [1.807, 2.05) is 0 Å². The Bertz CT molecular complexity index is 167. The Labute approximate surface area is 88.1 Å². The molecule has 0 amide bonds. The van der Waals surface area contributed by atoms with Crippen molar-refractivity contribution in [1.29, 1.82) is 0 Å². The summed E-state index contributed by atoms with van der Waals surface area (Å²) in [5.41, 5.74) is 0. The van der Waals surface area contributed by atoms with Crippen LogP contribution in [0.2, 0.25) is 0 Å². The van der Waals surface area contributed by atoms with Gasteiger partial charge in [-0.2, -0.15) is 0 Å². The molecule has 1 aliphatic heterocycles. The molecule has 2 nitrogen and oxygen atoms in total. The van der Waals surface area contributed by atoms with Crippen LogP contribution in [0.3, 0.4) is 0 Å². The molecular formula is C12H24N2. The molecule has 14 heavy (non-hydrogen) atoms. The topological polar surface area (TPSA) is 15.3 Å². The lowest BCUT2D eigenvalue weighted by Gasteiger charge is -2.44. The van der Waals surface area contributed by atoms with Crippen molar-refractivity contribution in [3.8, 4) is 0 Å². The maximum absolute atomic E-state index is 3.30. The van der Waals surface area contributed by atoms with E-state index in [9.17, 15) is 0 Å². The third kappa shape index (κ3) is 2.29. The van der Waals surface area contributed by atoms with Crippen LogP contribution in [0.25, 0.3) is 0 Å². The summed E-state index contributed by atoms with van der Waals surface area (Å²) in [4.78, 5) is 2.73. The van der Waals surface area contributed by atoms with Gasteiger partial charge in [-0.05, 0) is 64.2 Å². The second-order valence-corrected chi connectivity index (χ2v) is 5.27. The molecule has 0 atom stereocenters. The zero-order chi connectivity index (χ0) is 9.97. The van der Waals surface area contributed by atoms with Crippen LogP contribution in [0.4, 0.5) is 0 Å². The quantitative estimate of drug-likeness (QED) is 0.739. The summed E-state index contributed by atoms with van der Waals surface area (Å²) in [5.74, 6) is 1.93. The maximum atomic E-state index is 3.30. The van der Waals surface area contributed by atoms with Crippen LogP contribution in [0, 0.1) is 11.8 Å². The van der Waals surface area contributed by atoms with Crippen molar-refractivity contribution in [2.75, 3.05) is 26.7 Å². The number of nitrogens with zero attached hydrogens (tertiary/aromatic N) is 1. The maximum Gasteiger partial charge on any atom is 0.0100 e. The van der Waals surface area contributed by atoms with Gasteiger partial charge in [-0.3, -0.25) is 0 Å². The minimum absolute atomic E-state index is 0.939. The molecule has 1 heterocycles. The number of nitrogens with one attached hydrogen (secondary N) is 1. The first kappa shape index (κ1) is 10.4. The molecule has 0 radical (unpaired) electrons. The Kier molecular flexibility index (Phi) is 3.45. The third-order valence-corrected chi connectivity index (χ3v) is 4.01. The van der Waals surface area contributed by atoms with E-state index >= 15 is 0 Å². The Morgan fingerprint density at radius 2 is 1.86 bits per heavy atom. The van der Waals surface area contributed by atoms with Gasteiger partial charge in [-0.1, -0.05) is 6.92 Å². The number of hydrogen-bond acceptors (Lipinski definition) is 2. The minimum Gasteiger partial charge on any atom is -0.319 e. The Morgan fingerprint density at radius 1 is 1.21 bits per heavy atom. The molecule has 2 fully saturated rings. The average molecular weight is 196 g/mol. The molecule has 0 unspecified atom stereocenters. The highest BCUT2D eigenvalue weighted by Crippen LogP contribution is 2.33. The van der Waals surface area contributed by atoms with E-state index in [1.54, 1.807) is 0 Å². The molecule has 0 aromatic rings. The molecule has 1 saturated carbocycles. The van der Waals surface area contributed by atoms with E-state index in [1.165, 1.54) is 45.3 Å². The van der Waals surface area contributed by atoms with Crippen molar-refractivity contribution < 1.29 is 0 Å². The predicted molar refractivity (Wildman–Crippen MR) is 60.4 cm³/mol. The fourth-order valence-electron chi connectivity index (χ4n) is 2.97. The Hall–Kier alpha value is -0.0800. The van der Waals surface area contributed by atoms with E-state index < -0.39 is 0 Å². The second-order valence-electron chi connectivity index (χ2n) is 5.27. The molecular weight excluding hydrogens is 172 g/mol. The van der Waals surface area contributed by atoms with Gasteiger partial charge in [0.05, 0.1) is 0 Å². The summed E-state index contributed by atoms with van der Waals surface area (Å²) >= 11 is 0. The molecule has 1 saturated heterocycles. The van der Waals surface area contributed by atoms with Gasteiger partial charge in [0.2, 0.25) is 0 Å². The highest BCUT2D eigenvalue weighted by atomic mass is 15.2. The second kappa shape index (κ2) is 4.63. The number of likely N-dealkylation sites (tertiary alicyclic amines) is 1. The molecule has 1 aliphatic carbocycles. The highest BCUT2D eigenvalue weighted by Gasteiger charge is 2.32. The molecule has 0 aromatic heterocycles. The smallest absolute Gasteiger partial charge is 0.0100 e. The van der Waals surface area contributed by atoms with E-state index in [-0.39, 0.29) is 0 Å². The van der Waals surface area contributed by atoms with Gasteiger partial charge in [0.25, 0.3) is 0 Å². The Balaban J connectivity index is 1.68. The van der Waals surface area contributed by atoms with Crippen LogP contribution >= 0.6 is 0 Å². The van der Waals surface area contributed by atoms with Gasteiger partial charge < -0.3 is 10.2 Å². The Morgan fingerprint density at radius 3 is 2.36 bits per heavy atom. The SMILES string of the molecule is CNCC1CCN(C2CC(C)C2)CC1. The van der Waals surface area contributed by atoms with Gasteiger partial charge in [0, 0.05) is 6.04 Å². The van der Waals surface area contributed by atoms with Gasteiger partial charge in [0.15, 0.2) is 0 Å². The van der Waals surface area contributed by atoms with Gasteiger partial charge in [-0.15, -0.1) is 0 Å². The van der Waals surface area contributed by atoms with Crippen molar-refractivity contribution >= 4 is 0 Å². The fraction of sp³-hybridized carbons (Fsp3) is 1.00. The molecule has 2 rings (SSSR count). The van der Waals surface area contributed by atoms with Crippen LogP contribution in [-0.4, -0.2) is 37.6 Å². The van der Waals surface area contributed by atoms with Gasteiger partial charge in [0.1, 0.15) is 0 Å². The number of piperidine rings is 1. The van der Waals surface area contributed by atoms with Crippen molar-refractivity contribution in [3.05, 3.63) is 0 Å². The van der Waals surface area contributed by atoms with Crippen molar-refractivity contribution in [3.63, 3.8) is 0 Å². The fourth-order valence-corrected chi connectivity index (χ4v) is 2.97. The minimum atomic E-state index is 0.939. The summed E-state index contributed by atoms with van der Waals surface area (Å²) in [7, 11) is 2.07. The zero-order valence-electron chi connectivity index (χ0n) is 9.63. The molecule has 2 heteroatoms. The summed E-state index contributed by atoms with van der Waals surface area (Å²) in [6.07, 6.45) is 5.73. The molecule has 82 valence electrons. The van der Waals surface area contributed by atoms with E-state index in [2.05, 4.69) is 24.2 Å². The standard InChI is InChI=1S/C12H24N2/c1-10-7-12(8-10)14-5-3-11(4-6-14)9-13-2/h10-13H,3-9H2,1-2H3. The lowest BCUT2D eigenvalue weighted by atomic mass is 9.79. The molecule has 0 bridgehead atoms. The lowest BCUT2D eigenvalue weighted by molar-refractivity contribution is 0.0548. The van der Waals surface area contributed by atoms with Crippen LogP contribution in [0.1, 0.15) is 32.6 Å². The first-order valence-corrected chi connectivity index (χ1v) is 6.18. The monoisotopic (exact) mass is 196 g/mol.